The monoisotopic (exact) mass is 859 g/mol. The summed E-state index contributed by atoms with van der Waals surface area (Å²) in [5.41, 5.74) is 11.3. The van der Waals surface area contributed by atoms with Gasteiger partial charge in [0, 0.05) is 74.8 Å². The molecule has 15 nitrogen and oxygen atoms in total. The number of rotatable bonds is 9. The van der Waals surface area contributed by atoms with Gasteiger partial charge in [0.05, 0.1) is 30.2 Å². The maximum absolute atomic E-state index is 15.3. The van der Waals surface area contributed by atoms with Crippen molar-refractivity contribution >= 4 is 40.6 Å². The van der Waals surface area contributed by atoms with Gasteiger partial charge in [-0.1, -0.05) is 24.3 Å². The number of imide groups is 1. The van der Waals surface area contributed by atoms with Crippen molar-refractivity contribution in [1.82, 2.24) is 25.3 Å². The van der Waals surface area contributed by atoms with Gasteiger partial charge in [-0.3, -0.25) is 24.6 Å². The normalized spacial score (nSPS) is 23.3. The summed E-state index contributed by atoms with van der Waals surface area (Å²) in [5, 5.41) is 21.4. The molecule has 63 heavy (non-hydrogen) atoms. The molecule has 0 spiro atoms. The number of fused-ring (bicyclic) bond motifs is 3. The molecule has 5 saturated heterocycles. The maximum atomic E-state index is 15.3. The van der Waals surface area contributed by atoms with Gasteiger partial charge in [-0.15, -0.1) is 10.2 Å². The molecule has 3 atom stereocenters. The summed E-state index contributed by atoms with van der Waals surface area (Å²) in [4.78, 5) is 48.9. The lowest BCUT2D eigenvalue weighted by atomic mass is 9.87. The van der Waals surface area contributed by atoms with Crippen molar-refractivity contribution in [2.75, 3.05) is 79.4 Å². The number of hydrogen-bond acceptors (Lipinski definition) is 13. The van der Waals surface area contributed by atoms with Crippen molar-refractivity contribution in [2.45, 2.75) is 81.5 Å². The fraction of sp³-hybridized carbons (Fsp3) is 0.468. The number of phenols is 1. The smallest absolute Gasteiger partial charge is 0.249 e. The number of carbonyl (C=O) groups is 3. The van der Waals surface area contributed by atoms with E-state index in [1.54, 1.807) is 18.2 Å². The summed E-state index contributed by atoms with van der Waals surface area (Å²) in [7, 11) is 0. The number of piperidine rings is 3. The van der Waals surface area contributed by atoms with Gasteiger partial charge in [0.1, 0.15) is 30.3 Å². The second-order valence-corrected chi connectivity index (χ2v) is 17.8. The fourth-order valence-electron chi connectivity index (χ4n) is 10.7. The number of para-hydroxylation sites is 2. The van der Waals surface area contributed by atoms with Gasteiger partial charge in [0.25, 0.3) is 0 Å². The van der Waals surface area contributed by atoms with Crippen LogP contribution in [-0.4, -0.2) is 126 Å². The van der Waals surface area contributed by atoms with E-state index in [9.17, 15) is 19.5 Å². The van der Waals surface area contributed by atoms with Crippen LogP contribution in [-0.2, 0) is 14.4 Å². The number of likely N-dealkylation sites (tertiary alicyclic amines) is 2. The minimum Gasteiger partial charge on any atom is -0.507 e. The highest BCUT2D eigenvalue weighted by atomic mass is 19.1. The van der Waals surface area contributed by atoms with Gasteiger partial charge < -0.3 is 39.9 Å². The topological polar surface area (TPSA) is 170 Å². The van der Waals surface area contributed by atoms with Crippen LogP contribution in [0.1, 0.15) is 62.8 Å². The summed E-state index contributed by atoms with van der Waals surface area (Å²) in [6, 6.07) is 20.2. The van der Waals surface area contributed by atoms with Crippen molar-refractivity contribution in [1.29, 1.82) is 0 Å². The first-order valence-corrected chi connectivity index (χ1v) is 22.4. The first-order chi connectivity index (χ1) is 30.7. The van der Waals surface area contributed by atoms with E-state index in [-0.39, 0.29) is 53.3 Å². The maximum Gasteiger partial charge on any atom is 0.249 e. The van der Waals surface area contributed by atoms with Crippen molar-refractivity contribution in [3.63, 3.8) is 0 Å². The summed E-state index contributed by atoms with van der Waals surface area (Å²) < 4.78 is 27.9. The zero-order valence-corrected chi connectivity index (χ0v) is 35.3. The van der Waals surface area contributed by atoms with Gasteiger partial charge in [0.15, 0.2) is 17.4 Å². The molecule has 5 fully saturated rings. The minimum atomic E-state index is -0.395. The van der Waals surface area contributed by atoms with E-state index in [1.807, 2.05) is 41.3 Å². The van der Waals surface area contributed by atoms with E-state index in [2.05, 4.69) is 41.2 Å². The Morgan fingerprint density at radius 3 is 2.41 bits per heavy atom. The lowest BCUT2D eigenvalue weighted by Crippen LogP contribution is -2.54. The fourth-order valence-corrected chi connectivity index (χ4v) is 10.7. The molecule has 0 radical (unpaired) electrons. The van der Waals surface area contributed by atoms with Crippen LogP contribution in [0.2, 0.25) is 0 Å². The summed E-state index contributed by atoms with van der Waals surface area (Å²) in [6.07, 6.45) is 5.63. The van der Waals surface area contributed by atoms with E-state index in [4.69, 9.17) is 15.2 Å². The molecule has 330 valence electrons. The second kappa shape index (κ2) is 17.2. The van der Waals surface area contributed by atoms with Crippen LogP contribution in [0.25, 0.3) is 11.3 Å². The number of phenolic OH excluding ortho intramolecular Hbond substituents is 1. The number of amides is 3. The molecule has 16 heteroatoms. The molecule has 1 aromatic heterocycles. The van der Waals surface area contributed by atoms with E-state index < -0.39 is 11.9 Å². The zero-order chi connectivity index (χ0) is 43.2. The highest BCUT2D eigenvalue weighted by Gasteiger charge is 2.42. The van der Waals surface area contributed by atoms with E-state index in [0.29, 0.717) is 88.6 Å². The standard InChI is InChI=1S/C47H54FN9O6/c48-36-11-10-30(57-31-8-9-32(57)27-55(26-31)40-25-37(51-52-46(40)49)35-4-1-2-7-41(35)58)24-42(36)63-33-16-20-54(21-17-33)44(60)28-53-18-14-29(15-19-53)34-5-3-6-38-45(34)62-23-22-56(38)39-12-13-43(59)50-47(39)61/h1-7,10-11,24-25,29,31-33,39,58H,8-9,12-23,26-28H2,(H2,49,52)(H,50,59,61)/t31-,32+,39-/m0/s1. The molecular formula is C47H54FN9O6. The SMILES string of the molecule is Nc1nnc(-c2ccccc2O)cc1N1C[C@H]2CC[C@@H](C1)N2c1ccc(F)c(OC2CCN(C(=O)CN3CCC(c4cccc5c4OCCN5[C@H]4CCC(=O)NC4=O)CC3)CC2)c1. The summed E-state index contributed by atoms with van der Waals surface area (Å²) in [5.74, 6) is 1.06. The van der Waals surface area contributed by atoms with E-state index >= 15 is 4.39 Å². The molecular weight excluding hydrogens is 806 g/mol. The Hall–Kier alpha value is -6.16. The molecule has 4 N–H and O–H groups in total. The van der Waals surface area contributed by atoms with Crippen LogP contribution in [0, 0.1) is 5.82 Å². The van der Waals surface area contributed by atoms with Crippen LogP contribution in [0.15, 0.2) is 66.7 Å². The highest BCUT2D eigenvalue weighted by molar-refractivity contribution is 6.02. The molecule has 0 saturated carbocycles. The lowest BCUT2D eigenvalue weighted by molar-refractivity contribution is -0.135. The van der Waals surface area contributed by atoms with Crippen LogP contribution >= 0.6 is 0 Å². The molecule has 7 heterocycles. The van der Waals surface area contributed by atoms with Gasteiger partial charge in [-0.05, 0) is 93.1 Å². The van der Waals surface area contributed by atoms with Gasteiger partial charge in [-0.25, -0.2) is 4.39 Å². The summed E-state index contributed by atoms with van der Waals surface area (Å²) in [6.45, 7) is 5.54. The van der Waals surface area contributed by atoms with Crippen LogP contribution in [0.5, 0.6) is 17.2 Å². The number of anilines is 4. The average Bonchev–Trinajstić information content (AvgIpc) is 3.56. The number of nitrogens with two attached hydrogens (primary N) is 1. The quantitative estimate of drug-likeness (QED) is 0.199. The van der Waals surface area contributed by atoms with Crippen molar-refractivity contribution < 1.29 is 33.4 Å². The molecule has 6 aliphatic heterocycles. The molecule has 10 rings (SSSR count). The predicted octanol–water partition coefficient (Wildman–Crippen LogP) is 4.68. The Labute approximate surface area is 365 Å². The zero-order valence-electron chi connectivity index (χ0n) is 35.3. The second-order valence-electron chi connectivity index (χ2n) is 17.8. The number of ether oxygens (including phenoxy) is 2. The first-order valence-electron chi connectivity index (χ1n) is 22.4. The number of nitrogen functional groups attached to an aromatic ring is 1. The first kappa shape index (κ1) is 40.9. The number of piperazine rings is 1. The Morgan fingerprint density at radius 2 is 1.65 bits per heavy atom. The number of nitrogens with zero attached hydrogens (tertiary/aromatic N) is 7. The number of halogens is 1. The summed E-state index contributed by atoms with van der Waals surface area (Å²) >= 11 is 0. The van der Waals surface area contributed by atoms with Crippen LogP contribution in [0.3, 0.4) is 0 Å². The molecule has 4 aromatic rings. The van der Waals surface area contributed by atoms with Gasteiger partial charge >= 0.3 is 0 Å². The lowest BCUT2D eigenvalue weighted by Gasteiger charge is -2.43. The third kappa shape index (κ3) is 8.16. The highest BCUT2D eigenvalue weighted by Crippen LogP contribution is 2.44. The van der Waals surface area contributed by atoms with Crippen molar-refractivity contribution in [3.05, 3.63) is 78.1 Å². The third-order valence-electron chi connectivity index (χ3n) is 14.0. The Bertz CT molecular complexity index is 2370. The molecule has 0 aliphatic carbocycles. The van der Waals surface area contributed by atoms with E-state index in [1.165, 1.54) is 6.07 Å². The Kier molecular flexibility index (Phi) is 11.2. The van der Waals surface area contributed by atoms with Crippen molar-refractivity contribution in [3.8, 4) is 28.5 Å². The third-order valence-corrected chi connectivity index (χ3v) is 14.0. The minimum absolute atomic E-state index is 0.105. The van der Waals surface area contributed by atoms with Gasteiger partial charge in [0.2, 0.25) is 17.7 Å². The molecule has 0 unspecified atom stereocenters. The van der Waals surface area contributed by atoms with E-state index in [0.717, 1.165) is 67.1 Å². The largest absolute Gasteiger partial charge is 0.507 e. The number of nitrogens with one attached hydrogen (secondary N) is 1. The number of carbonyl (C=O) groups excluding carboxylic acids is 3. The number of benzene rings is 3. The molecule has 2 bridgehead atoms. The average molecular weight is 860 g/mol. The number of hydrogen-bond donors (Lipinski definition) is 3. The van der Waals surface area contributed by atoms with Crippen molar-refractivity contribution in [2.24, 2.45) is 0 Å². The molecule has 3 amide bonds. The molecule has 6 aliphatic rings. The number of aromatic hydroxyl groups is 1. The number of aromatic nitrogens is 2. The Morgan fingerprint density at radius 1 is 0.873 bits per heavy atom. The van der Waals surface area contributed by atoms with Crippen LogP contribution < -0.4 is 35.2 Å². The molecule has 3 aromatic carbocycles. The van der Waals surface area contributed by atoms with Crippen LogP contribution in [0.4, 0.5) is 27.3 Å². The Balaban J connectivity index is 0.714. The van der Waals surface area contributed by atoms with Gasteiger partial charge in [-0.2, -0.15) is 0 Å². The predicted molar refractivity (Wildman–Crippen MR) is 236 cm³/mol.